The molecule has 1 fully saturated rings. The summed E-state index contributed by atoms with van der Waals surface area (Å²) in [5.41, 5.74) is 4.63. The number of aromatic amines is 1. The first kappa shape index (κ1) is 33.6. The Morgan fingerprint density at radius 3 is 2.55 bits per heavy atom. The van der Waals surface area contributed by atoms with Crippen LogP contribution in [0, 0.1) is 25.2 Å². The van der Waals surface area contributed by atoms with E-state index in [9.17, 15) is 18.7 Å². The molecule has 0 spiro atoms. The molecule has 9 heteroatoms. The molecule has 3 rings (SSSR count). The Kier molecular flexibility index (Phi) is 11.3. The van der Waals surface area contributed by atoms with Gasteiger partial charge in [-0.2, -0.15) is 10.6 Å². The molecule has 42 heavy (non-hydrogen) atoms. The monoisotopic (exact) mass is 598 g/mol. The van der Waals surface area contributed by atoms with Crippen LogP contribution in [0.25, 0.3) is 6.08 Å². The Labute approximate surface area is 253 Å². The van der Waals surface area contributed by atoms with Crippen molar-refractivity contribution in [2.24, 2.45) is 11.3 Å². The molecular formula is C33H50N4O4S. The summed E-state index contributed by atoms with van der Waals surface area (Å²) in [7, 11) is -2.98. The standard InChI is InChI=1S/C33H50N4O4S/c1-9-24(33(6,7)8)14-12-13-19-42(40,41)25-15-16-28-26(20-25)27(31(38)36-28)21-29-22(4)30(23(5)35-29)32(39)34-17-18-37(10-2)11-3/h9,12-13,16,20-21,24-25,35,40-41H,1,10-11,14-15,17-19H2,2-8H3,(H,34,39)(H,36,38)/b13-12+,27-21-. The summed E-state index contributed by atoms with van der Waals surface area (Å²) < 4.78 is 22.2. The third-order valence-corrected chi connectivity index (χ3v) is 10.3. The van der Waals surface area contributed by atoms with Crippen molar-refractivity contribution in [3.8, 4) is 0 Å². The summed E-state index contributed by atoms with van der Waals surface area (Å²) in [5.74, 6) is 0.0513. The molecule has 1 saturated heterocycles. The topological polar surface area (TPSA) is 118 Å². The molecule has 5 N–H and O–H groups in total. The summed E-state index contributed by atoms with van der Waals surface area (Å²) in [6.07, 6.45) is 12.5. The molecule has 0 radical (unpaired) electrons. The van der Waals surface area contributed by atoms with E-state index >= 15 is 0 Å². The van der Waals surface area contributed by atoms with Crippen LogP contribution in [0.5, 0.6) is 0 Å². The van der Waals surface area contributed by atoms with Gasteiger partial charge in [0.2, 0.25) is 0 Å². The van der Waals surface area contributed by atoms with E-state index in [1.54, 1.807) is 6.08 Å². The molecule has 2 aliphatic rings. The fourth-order valence-corrected chi connectivity index (χ4v) is 6.92. The van der Waals surface area contributed by atoms with Crippen molar-refractivity contribution >= 4 is 28.5 Å². The highest BCUT2D eigenvalue weighted by Gasteiger charge is 2.34. The molecule has 2 heterocycles. The number of carbonyl (C=O) groups excluding carboxylic acids is 2. The maximum Gasteiger partial charge on any atom is 0.256 e. The zero-order valence-electron chi connectivity index (χ0n) is 26.3. The van der Waals surface area contributed by atoms with Gasteiger partial charge in [-0.1, -0.05) is 65.0 Å². The molecule has 2 atom stereocenters. The van der Waals surface area contributed by atoms with E-state index in [-0.39, 0.29) is 23.0 Å². The van der Waals surface area contributed by atoms with Crippen LogP contribution < -0.4 is 10.6 Å². The minimum absolute atomic E-state index is 0.0834. The van der Waals surface area contributed by atoms with Crippen molar-refractivity contribution in [1.82, 2.24) is 20.5 Å². The van der Waals surface area contributed by atoms with Gasteiger partial charge in [-0.05, 0) is 62.8 Å². The largest absolute Gasteiger partial charge is 0.358 e. The van der Waals surface area contributed by atoms with E-state index < -0.39 is 15.8 Å². The minimum Gasteiger partial charge on any atom is -0.358 e. The molecule has 1 aliphatic heterocycles. The first-order chi connectivity index (χ1) is 19.7. The number of nitrogens with zero attached hydrogens (tertiary/aromatic N) is 1. The number of amides is 2. The number of carbonyl (C=O) groups is 2. The van der Waals surface area contributed by atoms with Crippen molar-refractivity contribution in [2.45, 2.75) is 66.6 Å². The zero-order chi connectivity index (χ0) is 31.2. The van der Waals surface area contributed by atoms with Crippen molar-refractivity contribution in [2.75, 3.05) is 31.9 Å². The van der Waals surface area contributed by atoms with Crippen LogP contribution in [0.2, 0.25) is 0 Å². The predicted octanol–water partition coefficient (Wildman–Crippen LogP) is 6.34. The highest BCUT2D eigenvalue weighted by Crippen LogP contribution is 2.50. The lowest BCUT2D eigenvalue weighted by Crippen LogP contribution is -2.35. The van der Waals surface area contributed by atoms with Crippen LogP contribution in [-0.4, -0.2) is 68.0 Å². The number of rotatable bonds is 13. The molecule has 1 aromatic rings. The van der Waals surface area contributed by atoms with Crippen molar-refractivity contribution < 1.29 is 18.7 Å². The maximum atomic E-state index is 13.0. The van der Waals surface area contributed by atoms with Gasteiger partial charge in [-0.15, -0.1) is 6.58 Å². The quantitative estimate of drug-likeness (QED) is 0.134. The first-order valence-electron chi connectivity index (χ1n) is 14.9. The first-order valence-corrected chi connectivity index (χ1v) is 16.7. The van der Waals surface area contributed by atoms with Gasteiger partial charge in [-0.3, -0.25) is 18.7 Å². The highest BCUT2D eigenvalue weighted by molar-refractivity contribution is 8.25. The van der Waals surface area contributed by atoms with Crippen LogP contribution >= 0.6 is 10.6 Å². The Morgan fingerprint density at radius 1 is 1.24 bits per heavy atom. The van der Waals surface area contributed by atoms with Crippen molar-refractivity contribution in [1.29, 1.82) is 0 Å². The van der Waals surface area contributed by atoms with Gasteiger partial charge in [0.25, 0.3) is 11.8 Å². The Balaban J connectivity index is 1.78. The number of fused-ring (bicyclic) bond motifs is 1. The third-order valence-electron chi connectivity index (χ3n) is 8.36. The number of H-pyrrole nitrogens is 1. The number of allylic oxidation sites excluding steroid dienone is 4. The number of nitrogens with one attached hydrogen (secondary N) is 3. The van der Waals surface area contributed by atoms with Crippen LogP contribution in [0.3, 0.4) is 0 Å². The lowest BCUT2D eigenvalue weighted by molar-refractivity contribution is -0.115. The van der Waals surface area contributed by atoms with E-state index in [4.69, 9.17) is 0 Å². The summed E-state index contributed by atoms with van der Waals surface area (Å²) in [6.45, 7) is 21.6. The Hall–Kier alpha value is -2.85. The molecule has 0 aromatic carbocycles. The molecule has 8 nitrogen and oxygen atoms in total. The molecule has 2 amide bonds. The smallest absolute Gasteiger partial charge is 0.256 e. The van der Waals surface area contributed by atoms with Crippen LogP contribution in [0.1, 0.15) is 74.8 Å². The summed E-state index contributed by atoms with van der Waals surface area (Å²) in [5, 5.41) is 5.42. The molecule has 1 aromatic heterocycles. The number of hydrogen-bond acceptors (Lipinski definition) is 5. The fraction of sp³-hybridized carbons (Fsp3) is 0.515. The second-order valence-corrected chi connectivity index (χ2v) is 14.6. The molecular weight excluding hydrogens is 548 g/mol. The van der Waals surface area contributed by atoms with Crippen LogP contribution in [-0.2, 0) is 4.79 Å². The Morgan fingerprint density at radius 2 is 1.93 bits per heavy atom. The second-order valence-electron chi connectivity index (χ2n) is 12.2. The molecule has 0 saturated carbocycles. The lowest BCUT2D eigenvalue weighted by Gasteiger charge is -2.39. The van der Waals surface area contributed by atoms with Gasteiger partial charge < -0.3 is 20.5 Å². The van der Waals surface area contributed by atoms with E-state index in [0.717, 1.165) is 37.3 Å². The van der Waals surface area contributed by atoms with Gasteiger partial charge in [0.15, 0.2) is 0 Å². The predicted molar refractivity (Wildman–Crippen MR) is 176 cm³/mol. The molecule has 1 aliphatic carbocycles. The number of likely N-dealkylation sites (N-methyl/N-ethyl adjacent to an activating group) is 1. The fourth-order valence-electron chi connectivity index (χ4n) is 5.50. The van der Waals surface area contributed by atoms with E-state index in [1.807, 2.05) is 44.2 Å². The summed E-state index contributed by atoms with van der Waals surface area (Å²) in [6, 6.07) is 0. The number of aryl methyl sites for hydroxylation is 1. The molecule has 2 unspecified atom stereocenters. The molecule has 0 bridgehead atoms. The van der Waals surface area contributed by atoms with E-state index in [1.165, 1.54) is 0 Å². The normalized spacial score (nSPS) is 19.5. The SMILES string of the molecule is C=CC(C/C=C/CS(O)(O)C1C=C2C(=CC1)NC(=O)/C2=C\c1[nH]c(C)c(C(=O)NCCN(CC)CC)c1C)C(C)(C)C. The minimum atomic E-state index is -2.98. The average Bonchev–Trinajstić information content (AvgIpc) is 3.39. The van der Waals surface area contributed by atoms with Gasteiger partial charge in [0, 0.05) is 35.7 Å². The lowest BCUT2D eigenvalue weighted by atomic mass is 9.79. The summed E-state index contributed by atoms with van der Waals surface area (Å²) in [4.78, 5) is 31.5. The van der Waals surface area contributed by atoms with Gasteiger partial charge >= 0.3 is 0 Å². The van der Waals surface area contributed by atoms with Crippen molar-refractivity contribution in [3.63, 3.8) is 0 Å². The van der Waals surface area contributed by atoms with Crippen molar-refractivity contribution in [3.05, 3.63) is 76.3 Å². The van der Waals surface area contributed by atoms with Gasteiger partial charge in [-0.25, -0.2) is 0 Å². The van der Waals surface area contributed by atoms with E-state index in [0.29, 0.717) is 47.0 Å². The van der Waals surface area contributed by atoms with E-state index in [2.05, 4.69) is 61.7 Å². The highest BCUT2D eigenvalue weighted by atomic mass is 32.3. The van der Waals surface area contributed by atoms with Crippen LogP contribution in [0.4, 0.5) is 0 Å². The Bertz CT molecular complexity index is 1290. The maximum absolute atomic E-state index is 13.0. The average molecular weight is 599 g/mol. The van der Waals surface area contributed by atoms with Crippen LogP contribution in [0.15, 0.2) is 53.8 Å². The second kappa shape index (κ2) is 14.1. The van der Waals surface area contributed by atoms with Gasteiger partial charge in [0.05, 0.1) is 22.1 Å². The summed E-state index contributed by atoms with van der Waals surface area (Å²) >= 11 is 0. The number of aromatic nitrogens is 1. The number of hydrogen-bond donors (Lipinski definition) is 5. The van der Waals surface area contributed by atoms with Gasteiger partial charge in [0.1, 0.15) is 0 Å². The molecule has 232 valence electrons. The zero-order valence-corrected chi connectivity index (χ0v) is 27.2. The third kappa shape index (κ3) is 7.95.